The molecule has 0 atom stereocenters. The Labute approximate surface area is 164 Å². The van der Waals surface area contributed by atoms with Gasteiger partial charge in [-0.05, 0) is 29.2 Å². The van der Waals surface area contributed by atoms with E-state index in [0.717, 1.165) is 25.1 Å². The van der Waals surface area contributed by atoms with Crippen molar-refractivity contribution in [3.05, 3.63) is 106 Å². The van der Waals surface area contributed by atoms with Crippen LogP contribution in [0.15, 0.2) is 82.2 Å². The second-order valence-corrected chi connectivity index (χ2v) is 6.93. The van der Waals surface area contributed by atoms with Crippen molar-refractivity contribution in [1.82, 2.24) is 4.90 Å². The molecule has 142 valence electrons. The highest BCUT2D eigenvalue weighted by atomic mass is 16.5. The fourth-order valence-electron chi connectivity index (χ4n) is 3.42. The van der Waals surface area contributed by atoms with Crippen LogP contribution in [0.1, 0.15) is 22.5 Å². The van der Waals surface area contributed by atoms with Crippen LogP contribution in [0.3, 0.4) is 0 Å². The molecule has 0 aliphatic carbocycles. The van der Waals surface area contributed by atoms with Crippen molar-refractivity contribution in [2.45, 2.75) is 19.5 Å². The summed E-state index contributed by atoms with van der Waals surface area (Å²) in [4.78, 5) is 14.6. The molecule has 0 unspecified atom stereocenters. The van der Waals surface area contributed by atoms with Crippen molar-refractivity contribution < 1.29 is 9.15 Å². The molecule has 1 aliphatic rings. The van der Waals surface area contributed by atoms with Crippen LogP contribution in [0, 0.1) is 0 Å². The molecule has 1 aliphatic heterocycles. The molecule has 0 saturated heterocycles. The molecule has 0 amide bonds. The van der Waals surface area contributed by atoms with Crippen LogP contribution in [0.25, 0.3) is 6.08 Å². The van der Waals surface area contributed by atoms with Gasteiger partial charge in [0.05, 0.1) is 6.54 Å². The van der Waals surface area contributed by atoms with Gasteiger partial charge in [0.25, 0.3) is 0 Å². The first kappa shape index (κ1) is 18.3. The Kier molecular flexibility index (Phi) is 5.69. The van der Waals surface area contributed by atoms with E-state index in [1.807, 2.05) is 42.5 Å². The maximum atomic E-state index is 12.3. The van der Waals surface area contributed by atoms with E-state index in [-0.39, 0.29) is 11.2 Å². The number of benzene rings is 2. The Bertz CT molecular complexity index is 1010. The normalized spacial score (nSPS) is 14.1. The lowest BCUT2D eigenvalue weighted by Crippen LogP contribution is -2.30. The maximum absolute atomic E-state index is 12.3. The first-order valence-corrected chi connectivity index (χ1v) is 9.53. The van der Waals surface area contributed by atoms with Crippen LogP contribution in [-0.4, -0.2) is 18.1 Å². The minimum absolute atomic E-state index is 0.147. The number of hydrogen-bond acceptors (Lipinski definition) is 4. The first-order valence-electron chi connectivity index (χ1n) is 9.53. The fraction of sp³-hybridized carbons (Fsp3) is 0.208. The van der Waals surface area contributed by atoms with Gasteiger partial charge in [-0.25, -0.2) is 0 Å². The van der Waals surface area contributed by atoms with Crippen molar-refractivity contribution in [3.8, 4) is 5.75 Å². The van der Waals surface area contributed by atoms with Gasteiger partial charge in [-0.1, -0.05) is 60.7 Å². The van der Waals surface area contributed by atoms with Crippen LogP contribution in [-0.2, 0) is 19.5 Å². The van der Waals surface area contributed by atoms with Crippen LogP contribution in [0.2, 0.25) is 0 Å². The summed E-state index contributed by atoms with van der Waals surface area (Å²) in [5.74, 6) is 0.905. The van der Waals surface area contributed by atoms with Crippen LogP contribution in [0.5, 0.6) is 5.75 Å². The molecule has 0 fully saturated rings. The molecule has 2 aromatic carbocycles. The van der Waals surface area contributed by atoms with Gasteiger partial charge in [0.15, 0.2) is 0 Å². The lowest BCUT2D eigenvalue weighted by molar-refractivity contribution is 0.221. The third kappa shape index (κ3) is 4.59. The second kappa shape index (κ2) is 8.72. The molecule has 0 saturated carbocycles. The van der Waals surface area contributed by atoms with Gasteiger partial charge < -0.3 is 9.15 Å². The average molecular weight is 373 g/mol. The third-order valence-electron chi connectivity index (χ3n) is 4.89. The number of fused-ring (bicyclic) bond motifs is 1. The summed E-state index contributed by atoms with van der Waals surface area (Å²) in [6.45, 7) is 2.78. The third-order valence-corrected chi connectivity index (χ3v) is 4.89. The molecule has 2 heterocycles. The summed E-state index contributed by atoms with van der Waals surface area (Å²) in [6, 6.07) is 20.0. The summed E-state index contributed by atoms with van der Waals surface area (Å²) < 4.78 is 11.2. The Balaban J connectivity index is 1.33. The number of nitrogens with zero attached hydrogens (tertiary/aromatic N) is 1. The van der Waals surface area contributed by atoms with Gasteiger partial charge in [-0.3, -0.25) is 9.69 Å². The number of ether oxygens (including phenoxy) is 1. The van der Waals surface area contributed by atoms with Crippen molar-refractivity contribution >= 4 is 6.08 Å². The molecule has 4 heteroatoms. The number of hydrogen-bond donors (Lipinski definition) is 0. The Hall–Kier alpha value is -3.11. The average Bonchev–Trinajstić information content (AvgIpc) is 2.73. The Morgan fingerprint density at radius 2 is 1.82 bits per heavy atom. The van der Waals surface area contributed by atoms with Gasteiger partial charge in [0.1, 0.15) is 18.6 Å². The highest BCUT2D eigenvalue weighted by Gasteiger charge is 2.17. The molecular formula is C24H23NO3. The zero-order valence-electron chi connectivity index (χ0n) is 15.7. The SMILES string of the molecule is O=c1cc(CN2CCc3ccccc3C2)occ1OC/C=C/c1ccccc1. The summed E-state index contributed by atoms with van der Waals surface area (Å²) >= 11 is 0. The predicted octanol–water partition coefficient (Wildman–Crippen LogP) is 4.29. The predicted molar refractivity (Wildman–Crippen MR) is 110 cm³/mol. The van der Waals surface area contributed by atoms with Gasteiger partial charge in [-0.2, -0.15) is 0 Å². The van der Waals surface area contributed by atoms with E-state index >= 15 is 0 Å². The summed E-state index contributed by atoms with van der Waals surface area (Å²) in [6.07, 6.45) is 6.29. The van der Waals surface area contributed by atoms with Crippen molar-refractivity contribution in [1.29, 1.82) is 0 Å². The highest BCUT2D eigenvalue weighted by molar-refractivity contribution is 5.48. The van der Waals surface area contributed by atoms with Gasteiger partial charge >= 0.3 is 0 Å². The summed E-state index contributed by atoms with van der Waals surface area (Å²) in [5.41, 5.74) is 3.71. The van der Waals surface area contributed by atoms with Crippen LogP contribution in [0.4, 0.5) is 0 Å². The molecule has 4 nitrogen and oxygen atoms in total. The summed E-state index contributed by atoms with van der Waals surface area (Å²) in [7, 11) is 0. The molecule has 28 heavy (non-hydrogen) atoms. The zero-order valence-corrected chi connectivity index (χ0v) is 15.7. The topological polar surface area (TPSA) is 42.7 Å². The van der Waals surface area contributed by atoms with E-state index in [9.17, 15) is 4.79 Å². The monoisotopic (exact) mass is 373 g/mol. The Morgan fingerprint density at radius 3 is 2.64 bits per heavy atom. The van der Waals surface area contributed by atoms with Crippen molar-refractivity contribution in [3.63, 3.8) is 0 Å². The molecule has 0 spiro atoms. The molecule has 0 N–H and O–H groups in total. The smallest absolute Gasteiger partial charge is 0.227 e. The molecule has 0 bridgehead atoms. The molecule has 3 aromatic rings. The minimum atomic E-state index is -0.147. The van der Waals surface area contributed by atoms with E-state index in [1.54, 1.807) is 0 Å². The lowest BCUT2D eigenvalue weighted by Gasteiger charge is -2.28. The van der Waals surface area contributed by atoms with E-state index in [2.05, 4.69) is 29.2 Å². The minimum Gasteiger partial charge on any atom is -0.482 e. The summed E-state index contributed by atoms with van der Waals surface area (Å²) in [5, 5.41) is 0. The Morgan fingerprint density at radius 1 is 1.04 bits per heavy atom. The van der Waals surface area contributed by atoms with Gasteiger partial charge in [0, 0.05) is 19.2 Å². The second-order valence-electron chi connectivity index (χ2n) is 6.93. The van der Waals surface area contributed by atoms with Gasteiger partial charge in [0.2, 0.25) is 11.2 Å². The van der Waals surface area contributed by atoms with E-state index in [1.165, 1.54) is 23.5 Å². The lowest BCUT2D eigenvalue weighted by atomic mass is 10.00. The number of rotatable bonds is 6. The largest absolute Gasteiger partial charge is 0.482 e. The van der Waals surface area contributed by atoms with Gasteiger partial charge in [-0.15, -0.1) is 0 Å². The van der Waals surface area contributed by atoms with Crippen molar-refractivity contribution in [2.24, 2.45) is 0 Å². The quantitative estimate of drug-likeness (QED) is 0.646. The van der Waals surface area contributed by atoms with Crippen molar-refractivity contribution in [2.75, 3.05) is 13.2 Å². The molecule has 0 radical (unpaired) electrons. The fourth-order valence-corrected chi connectivity index (χ4v) is 3.42. The molecule has 1 aromatic heterocycles. The van der Waals surface area contributed by atoms with E-state index in [0.29, 0.717) is 18.9 Å². The van der Waals surface area contributed by atoms with Crippen LogP contribution >= 0.6 is 0 Å². The van der Waals surface area contributed by atoms with E-state index < -0.39 is 0 Å². The van der Waals surface area contributed by atoms with E-state index in [4.69, 9.17) is 9.15 Å². The molecular weight excluding hydrogens is 350 g/mol. The van der Waals surface area contributed by atoms with Crippen LogP contribution < -0.4 is 10.2 Å². The standard InChI is InChI=1S/C24H23NO3/c26-23-15-22(17-25-13-12-20-10-4-5-11-21(20)16-25)28-18-24(23)27-14-6-9-19-7-2-1-3-8-19/h1-11,15,18H,12-14,16-17H2/b9-6+. The highest BCUT2D eigenvalue weighted by Crippen LogP contribution is 2.20. The first-order chi connectivity index (χ1) is 13.8. The molecule has 4 rings (SSSR count). The zero-order chi connectivity index (χ0) is 19.2. The maximum Gasteiger partial charge on any atom is 0.227 e.